The molecule has 0 saturated carbocycles. The second-order valence-corrected chi connectivity index (χ2v) is 13.5. The molecule has 1 unspecified atom stereocenters. The molecule has 46 heavy (non-hydrogen) atoms. The zero-order valence-electron chi connectivity index (χ0n) is 28.7. The van der Waals surface area contributed by atoms with E-state index in [4.69, 9.17) is 24.8 Å². The van der Waals surface area contributed by atoms with Gasteiger partial charge in [0.2, 0.25) is 0 Å². The van der Waals surface area contributed by atoms with Crippen LogP contribution in [0.3, 0.4) is 0 Å². The van der Waals surface area contributed by atoms with Gasteiger partial charge in [0.05, 0.1) is 13.2 Å². The number of phosphoric acid groups is 1. The van der Waals surface area contributed by atoms with Gasteiger partial charge >= 0.3 is 25.7 Å². The molecule has 0 rings (SSSR count). The minimum atomic E-state index is -4.70. The number of aliphatic carboxylic acids is 1. The fourth-order valence-corrected chi connectivity index (χ4v) is 5.41. The number of rotatable bonds is 33. The first-order chi connectivity index (χ1) is 22.1. The first-order valence-corrected chi connectivity index (χ1v) is 19.2. The third-order valence-electron chi connectivity index (χ3n) is 7.51. The van der Waals surface area contributed by atoms with E-state index in [2.05, 4.69) is 30.5 Å². The fourth-order valence-electron chi connectivity index (χ4n) is 4.63. The highest BCUT2D eigenvalue weighted by atomic mass is 31.2. The number of nitrogens with two attached hydrogens (primary N) is 1. The molecule has 4 N–H and O–H groups in total. The van der Waals surface area contributed by atoms with Crippen LogP contribution in [0.5, 0.6) is 0 Å². The molecule has 12 heteroatoms. The number of hydrogen-bond donors (Lipinski definition) is 3. The molecule has 0 saturated heterocycles. The summed E-state index contributed by atoms with van der Waals surface area (Å²) in [6, 6.07) is -1.52. The average molecular weight is 678 g/mol. The second-order valence-electron chi connectivity index (χ2n) is 12.0. The van der Waals surface area contributed by atoms with E-state index in [1.807, 2.05) is 0 Å². The van der Waals surface area contributed by atoms with E-state index in [-0.39, 0.29) is 19.4 Å². The molecule has 0 aliphatic carbocycles. The van der Waals surface area contributed by atoms with Gasteiger partial charge in [-0.05, 0) is 32.1 Å². The predicted octanol–water partition coefficient (Wildman–Crippen LogP) is 8.17. The van der Waals surface area contributed by atoms with Crippen molar-refractivity contribution >= 4 is 25.7 Å². The summed E-state index contributed by atoms with van der Waals surface area (Å²) in [5.41, 5.74) is 5.30. The van der Waals surface area contributed by atoms with Crippen LogP contribution in [0.1, 0.15) is 155 Å². The van der Waals surface area contributed by atoms with Gasteiger partial charge in [0, 0.05) is 12.8 Å². The maximum atomic E-state index is 12.5. The normalized spacial score (nSPS) is 14.2. The summed E-state index contributed by atoms with van der Waals surface area (Å²) < 4.78 is 32.4. The summed E-state index contributed by atoms with van der Waals surface area (Å²) in [7, 11) is -4.70. The van der Waals surface area contributed by atoms with E-state index in [0.29, 0.717) is 12.8 Å². The van der Waals surface area contributed by atoms with Crippen LogP contribution in [-0.4, -0.2) is 59.9 Å². The van der Waals surface area contributed by atoms with Crippen molar-refractivity contribution < 1.29 is 47.5 Å². The van der Waals surface area contributed by atoms with Gasteiger partial charge in [0.15, 0.2) is 6.10 Å². The Morgan fingerprint density at radius 2 is 1.11 bits per heavy atom. The number of unbranched alkanes of at least 4 members (excludes halogenated alkanes) is 17. The Kier molecular flexibility index (Phi) is 29.4. The van der Waals surface area contributed by atoms with Crippen molar-refractivity contribution in [3.8, 4) is 0 Å². The predicted molar refractivity (Wildman–Crippen MR) is 180 cm³/mol. The Balaban J connectivity index is 4.49. The number of ether oxygens (including phenoxy) is 2. The lowest BCUT2D eigenvalue weighted by Gasteiger charge is -2.20. The Bertz CT molecular complexity index is 854. The van der Waals surface area contributed by atoms with Crippen molar-refractivity contribution in [2.45, 2.75) is 167 Å². The maximum Gasteiger partial charge on any atom is 0.472 e. The van der Waals surface area contributed by atoms with Crippen molar-refractivity contribution in [2.24, 2.45) is 5.73 Å². The molecule has 0 aliphatic rings. The lowest BCUT2D eigenvalue weighted by Crippen LogP contribution is -2.34. The van der Waals surface area contributed by atoms with E-state index in [1.165, 1.54) is 57.8 Å². The van der Waals surface area contributed by atoms with Crippen LogP contribution in [0.2, 0.25) is 0 Å². The van der Waals surface area contributed by atoms with Gasteiger partial charge in [-0.1, -0.05) is 122 Å². The maximum absolute atomic E-state index is 12.5. The smallest absolute Gasteiger partial charge is 0.472 e. The largest absolute Gasteiger partial charge is 0.480 e. The molecule has 270 valence electrons. The topological polar surface area (TPSA) is 172 Å². The quantitative estimate of drug-likeness (QED) is 0.0265. The minimum absolute atomic E-state index is 0.163. The van der Waals surface area contributed by atoms with E-state index in [1.54, 1.807) is 0 Å². The van der Waals surface area contributed by atoms with Gasteiger partial charge in [-0.2, -0.15) is 0 Å². The van der Waals surface area contributed by atoms with Crippen molar-refractivity contribution in [2.75, 3.05) is 19.8 Å². The third kappa shape index (κ3) is 29.6. The van der Waals surface area contributed by atoms with Gasteiger partial charge in [-0.25, -0.2) is 4.57 Å². The van der Waals surface area contributed by atoms with E-state index in [9.17, 15) is 23.8 Å². The van der Waals surface area contributed by atoms with Gasteiger partial charge < -0.3 is 25.2 Å². The molecule has 0 aromatic heterocycles. The number of esters is 2. The molecule has 3 atom stereocenters. The monoisotopic (exact) mass is 677 g/mol. The average Bonchev–Trinajstić information content (AvgIpc) is 3.02. The lowest BCUT2D eigenvalue weighted by molar-refractivity contribution is -0.161. The van der Waals surface area contributed by atoms with Gasteiger partial charge in [0.25, 0.3) is 0 Å². The summed E-state index contributed by atoms with van der Waals surface area (Å²) in [4.78, 5) is 45.5. The standard InChI is InChI=1S/C34H64NO10P/c1-3-5-7-9-11-13-15-17-19-21-23-25-32(36)42-27-30(28-43-46(40,41)44-29-31(35)34(38)39)45-33(37)26-24-22-20-18-16-14-12-10-8-6-4-2/h9,11,30-31H,3-8,10,12-29,35H2,1-2H3,(H,38,39)(H,40,41)/t30-,31+/m1/s1. The van der Waals surface area contributed by atoms with Crippen molar-refractivity contribution in [3.63, 3.8) is 0 Å². The van der Waals surface area contributed by atoms with Crippen LogP contribution in [0.25, 0.3) is 0 Å². The third-order valence-corrected chi connectivity index (χ3v) is 8.46. The van der Waals surface area contributed by atoms with Gasteiger partial charge in [0.1, 0.15) is 12.6 Å². The fraction of sp³-hybridized carbons (Fsp3) is 0.853. The molecular formula is C34H64NO10P. The molecule has 0 radical (unpaired) electrons. The van der Waals surface area contributed by atoms with Crippen LogP contribution >= 0.6 is 7.82 Å². The summed E-state index contributed by atoms with van der Waals surface area (Å²) in [5.74, 6) is -2.39. The summed E-state index contributed by atoms with van der Waals surface area (Å²) in [6.07, 6.45) is 25.8. The Morgan fingerprint density at radius 3 is 1.65 bits per heavy atom. The highest BCUT2D eigenvalue weighted by Crippen LogP contribution is 2.43. The Labute approximate surface area is 278 Å². The van der Waals surface area contributed by atoms with Gasteiger partial charge in [-0.15, -0.1) is 0 Å². The number of allylic oxidation sites excluding steroid dienone is 2. The zero-order valence-corrected chi connectivity index (χ0v) is 29.6. The van der Waals surface area contributed by atoms with Crippen molar-refractivity contribution in [1.82, 2.24) is 0 Å². The van der Waals surface area contributed by atoms with Crippen LogP contribution in [0.15, 0.2) is 12.2 Å². The zero-order chi connectivity index (χ0) is 34.3. The highest BCUT2D eigenvalue weighted by Gasteiger charge is 2.28. The molecular weight excluding hydrogens is 613 g/mol. The lowest BCUT2D eigenvalue weighted by atomic mass is 10.1. The minimum Gasteiger partial charge on any atom is -0.480 e. The molecule has 0 aromatic rings. The highest BCUT2D eigenvalue weighted by molar-refractivity contribution is 7.47. The first kappa shape index (κ1) is 44.2. The van der Waals surface area contributed by atoms with Crippen LogP contribution in [-0.2, 0) is 37.5 Å². The van der Waals surface area contributed by atoms with Crippen LogP contribution in [0.4, 0.5) is 0 Å². The second kappa shape index (κ2) is 30.5. The van der Waals surface area contributed by atoms with Crippen LogP contribution < -0.4 is 5.73 Å². The number of carbonyl (C=O) groups excluding carboxylic acids is 2. The molecule has 0 aliphatic heterocycles. The van der Waals surface area contributed by atoms with E-state index in [0.717, 1.165) is 57.8 Å². The van der Waals surface area contributed by atoms with Gasteiger partial charge in [-0.3, -0.25) is 23.4 Å². The number of hydrogen-bond acceptors (Lipinski definition) is 9. The summed E-state index contributed by atoms with van der Waals surface area (Å²) in [6.45, 7) is 2.72. The molecule has 0 bridgehead atoms. The number of carboxylic acids is 1. The SMILES string of the molecule is CCCCC=CCCCCCCCC(=O)OC[C@H](COP(=O)(O)OC[C@H](N)C(=O)O)OC(=O)CCCCCCCCCCCCC. The molecule has 0 amide bonds. The van der Waals surface area contributed by atoms with E-state index < -0.39 is 51.1 Å². The first-order valence-electron chi connectivity index (χ1n) is 17.7. The molecule has 0 spiro atoms. The molecule has 0 aromatic carbocycles. The number of carbonyl (C=O) groups is 3. The number of carboxylic acid groups (broad SMARTS) is 1. The molecule has 0 fully saturated rings. The number of phosphoric ester groups is 1. The Hall–Kier alpha value is -1.78. The molecule has 0 heterocycles. The summed E-state index contributed by atoms with van der Waals surface area (Å²) >= 11 is 0. The molecule has 11 nitrogen and oxygen atoms in total. The van der Waals surface area contributed by atoms with Crippen molar-refractivity contribution in [3.05, 3.63) is 12.2 Å². The van der Waals surface area contributed by atoms with Crippen LogP contribution in [0, 0.1) is 0 Å². The summed E-state index contributed by atoms with van der Waals surface area (Å²) in [5, 5.41) is 8.83. The Morgan fingerprint density at radius 1 is 0.652 bits per heavy atom. The van der Waals surface area contributed by atoms with Crippen molar-refractivity contribution in [1.29, 1.82) is 0 Å². The van der Waals surface area contributed by atoms with E-state index >= 15 is 0 Å².